The van der Waals surface area contributed by atoms with Crippen LogP contribution in [-0.4, -0.2) is 64.2 Å². The van der Waals surface area contributed by atoms with Crippen LogP contribution in [0.1, 0.15) is 52.1 Å². The monoisotopic (exact) mass is 526 g/mol. The van der Waals surface area contributed by atoms with E-state index >= 15 is 0 Å². The Hall–Kier alpha value is -4.13. The van der Waals surface area contributed by atoms with Gasteiger partial charge in [-0.05, 0) is 30.5 Å². The molecule has 1 aliphatic carbocycles. The van der Waals surface area contributed by atoms with E-state index in [0.717, 1.165) is 0 Å². The van der Waals surface area contributed by atoms with Crippen LogP contribution in [0, 0.1) is 5.92 Å². The Morgan fingerprint density at radius 3 is 2.16 bits per heavy atom. The number of hydrogen-bond acceptors (Lipinski definition) is 9. The number of aliphatic carboxylic acids is 1. The van der Waals surface area contributed by atoms with Crippen LogP contribution in [0.25, 0.3) is 0 Å². The summed E-state index contributed by atoms with van der Waals surface area (Å²) in [7, 11) is 0. The number of carbonyl (C=O) groups is 4. The van der Waals surface area contributed by atoms with Crippen LogP contribution in [0.15, 0.2) is 30.3 Å². The Bertz CT molecular complexity index is 1210. The van der Waals surface area contributed by atoms with Gasteiger partial charge in [-0.2, -0.15) is 13.2 Å². The van der Waals surface area contributed by atoms with Crippen LogP contribution in [-0.2, 0) is 14.3 Å². The van der Waals surface area contributed by atoms with Gasteiger partial charge in [-0.1, -0.05) is 26.0 Å². The topological polar surface area (TPSA) is 176 Å². The fraction of sp³-hybridized carbons (Fsp3) is 0.333. The molecule has 37 heavy (non-hydrogen) atoms. The van der Waals surface area contributed by atoms with Crippen LogP contribution in [0.4, 0.5) is 18.9 Å². The SMILES string of the molecule is CC(C)[C@H](N)C(=O)OCCCNc1ccc(O)c2c1C(=O)c1c(O)cccc1C2=O.O=C(O)C(F)(F)F. The summed E-state index contributed by atoms with van der Waals surface area (Å²) in [4.78, 5) is 46.5. The fourth-order valence-electron chi connectivity index (χ4n) is 3.27. The first-order chi connectivity index (χ1) is 17.2. The molecule has 0 saturated carbocycles. The predicted octanol–water partition coefficient (Wildman–Crippen LogP) is 2.84. The minimum absolute atomic E-state index is 0.00725. The number of anilines is 1. The number of phenols is 2. The lowest BCUT2D eigenvalue weighted by molar-refractivity contribution is -0.192. The quantitative estimate of drug-likeness (QED) is 0.175. The normalized spacial score (nSPS) is 13.2. The minimum atomic E-state index is -5.08. The number of alkyl halides is 3. The van der Waals surface area contributed by atoms with Gasteiger partial charge in [0.2, 0.25) is 0 Å². The maximum atomic E-state index is 13.0. The average molecular weight is 526 g/mol. The molecule has 0 bridgehead atoms. The standard InChI is InChI=1S/C22H24N2O6.C2HF3O2/c1-11(2)19(23)22(29)30-10-4-9-24-13-7-8-15(26)18-17(13)21(28)16-12(20(18)27)5-3-6-14(16)25;3-2(4,5)1(6)7/h3,5-8,11,19,24-26H,4,9-10,23H2,1-2H3;(H,6,7)/t19-;/m0./s1. The van der Waals surface area contributed by atoms with Crippen molar-refractivity contribution in [2.24, 2.45) is 11.7 Å². The Morgan fingerprint density at radius 1 is 1.00 bits per heavy atom. The molecule has 1 aliphatic rings. The van der Waals surface area contributed by atoms with Crippen molar-refractivity contribution >= 4 is 29.2 Å². The summed E-state index contributed by atoms with van der Waals surface area (Å²) >= 11 is 0. The van der Waals surface area contributed by atoms with E-state index < -0.39 is 35.7 Å². The molecule has 0 spiro atoms. The molecular weight excluding hydrogens is 501 g/mol. The number of esters is 1. The van der Waals surface area contributed by atoms with Gasteiger partial charge in [-0.3, -0.25) is 14.4 Å². The first-order valence-corrected chi connectivity index (χ1v) is 10.9. The summed E-state index contributed by atoms with van der Waals surface area (Å²) in [6, 6.07) is 6.39. The molecule has 0 amide bonds. The molecular formula is C24H25F3N2O8. The van der Waals surface area contributed by atoms with Gasteiger partial charge in [0.05, 0.1) is 23.3 Å². The Labute approximate surface area is 208 Å². The molecule has 6 N–H and O–H groups in total. The number of carboxylic acid groups (broad SMARTS) is 1. The molecule has 0 aliphatic heterocycles. The van der Waals surface area contributed by atoms with Gasteiger partial charge < -0.3 is 31.1 Å². The number of phenolic OH excluding ortho intramolecular Hbond substituents is 2. The minimum Gasteiger partial charge on any atom is -0.507 e. The lowest BCUT2D eigenvalue weighted by Gasteiger charge is -2.22. The Balaban J connectivity index is 0.000000604. The Morgan fingerprint density at radius 2 is 1.59 bits per heavy atom. The van der Waals surface area contributed by atoms with Gasteiger partial charge in [0.25, 0.3) is 0 Å². The largest absolute Gasteiger partial charge is 0.507 e. The second-order valence-electron chi connectivity index (χ2n) is 8.26. The van der Waals surface area contributed by atoms with Gasteiger partial charge in [-0.25, -0.2) is 4.79 Å². The number of nitrogens with two attached hydrogens (primary N) is 1. The molecule has 10 nitrogen and oxygen atoms in total. The van der Waals surface area contributed by atoms with Crippen molar-refractivity contribution in [3.8, 4) is 11.5 Å². The van der Waals surface area contributed by atoms with Gasteiger partial charge in [0.15, 0.2) is 11.6 Å². The van der Waals surface area contributed by atoms with E-state index in [4.69, 9.17) is 20.4 Å². The molecule has 2 aromatic rings. The van der Waals surface area contributed by atoms with Crippen LogP contribution >= 0.6 is 0 Å². The zero-order valence-electron chi connectivity index (χ0n) is 19.8. The maximum absolute atomic E-state index is 13.0. The number of nitrogens with one attached hydrogen (secondary N) is 1. The fourth-order valence-corrected chi connectivity index (χ4v) is 3.27. The Kier molecular flexibility index (Phi) is 9.23. The third-order valence-electron chi connectivity index (χ3n) is 5.27. The van der Waals surface area contributed by atoms with Crippen LogP contribution in [0.2, 0.25) is 0 Å². The van der Waals surface area contributed by atoms with Crippen molar-refractivity contribution in [1.29, 1.82) is 0 Å². The van der Waals surface area contributed by atoms with Crippen molar-refractivity contribution < 1.29 is 52.4 Å². The lowest BCUT2D eigenvalue weighted by Crippen LogP contribution is -2.37. The second-order valence-corrected chi connectivity index (χ2v) is 8.26. The third kappa shape index (κ3) is 6.76. The highest BCUT2D eigenvalue weighted by Gasteiger charge is 2.38. The van der Waals surface area contributed by atoms with E-state index in [0.29, 0.717) is 18.7 Å². The molecule has 2 aromatic carbocycles. The summed E-state index contributed by atoms with van der Waals surface area (Å²) in [5, 5.41) is 30.5. The van der Waals surface area contributed by atoms with Crippen LogP contribution < -0.4 is 11.1 Å². The van der Waals surface area contributed by atoms with Gasteiger partial charge >= 0.3 is 18.1 Å². The number of rotatable bonds is 7. The van der Waals surface area contributed by atoms with Crippen LogP contribution in [0.3, 0.4) is 0 Å². The first-order valence-electron chi connectivity index (χ1n) is 10.9. The average Bonchev–Trinajstić information content (AvgIpc) is 2.81. The van der Waals surface area contributed by atoms with Crippen molar-refractivity contribution in [1.82, 2.24) is 0 Å². The van der Waals surface area contributed by atoms with Crippen molar-refractivity contribution in [3.05, 3.63) is 52.6 Å². The summed E-state index contributed by atoms with van der Waals surface area (Å²) in [6.07, 6.45) is -4.64. The second kappa shape index (κ2) is 11.7. The molecule has 0 heterocycles. The molecule has 13 heteroatoms. The molecule has 0 fully saturated rings. The molecule has 0 radical (unpaired) electrons. The maximum Gasteiger partial charge on any atom is 0.490 e. The summed E-state index contributed by atoms with van der Waals surface area (Å²) in [6.45, 7) is 4.14. The van der Waals surface area contributed by atoms with Crippen molar-refractivity contribution in [2.75, 3.05) is 18.5 Å². The lowest BCUT2D eigenvalue weighted by atomic mass is 9.82. The zero-order valence-corrected chi connectivity index (χ0v) is 19.8. The molecule has 0 unspecified atom stereocenters. The van der Waals surface area contributed by atoms with E-state index in [-0.39, 0.29) is 46.3 Å². The highest BCUT2D eigenvalue weighted by molar-refractivity contribution is 6.31. The molecule has 200 valence electrons. The van der Waals surface area contributed by atoms with E-state index in [1.165, 1.54) is 30.3 Å². The number of ketones is 2. The number of benzene rings is 2. The zero-order chi connectivity index (χ0) is 28.1. The molecule has 0 saturated heterocycles. The van der Waals surface area contributed by atoms with Crippen LogP contribution in [0.5, 0.6) is 11.5 Å². The molecule has 3 rings (SSSR count). The van der Waals surface area contributed by atoms with Gasteiger partial charge in [0, 0.05) is 17.8 Å². The third-order valence-corrected chi connectivity index (χ3v) is 5.27. The van der Waals surface area contributed by atoms with E-state index in [2.05, 4.69) is 5.32 Å². The summed E-state index contributed by atoms with van der Waals surface area (Å²) < 4.78 is 36.9. The number of hydrogen-bond donors (Lipinski definition) is 5. The number of halogens is 3. The number of aromatic hydroxyl groups is 2. The number of carboxylic acids is 1. The number of fused-ring (bicyclic) bond motifs is 2. The van der Waals surface area contributed by atoms with Crippen molar-refractivity contribution in [2.45, 2.75) is 32.5 Å². The first kappa shape index (κ1) is 29.1. The van der Waals surface area contributed by atoms with E-state index in [1.807, 2.05) is 13.8 Å². The smallest absolute Gasteiger partial charge is 0.490 e. The molecule has 0 aromatic heterocycles. The highest BCUT2D eigenvalue weighted by Crippen LogP contribution is 2.39. The molecule has 1 atom stereocenters. The number of ether oxygens (including phenoxy) is 1. The van der Waals surface area contributed by atoms with Crippen molar-refractivity contribution in [3.63, 3.8) is 0 Å². The van der Waals surface area contributed by atoms with E-state index in [9.17, 15) is 37.8 Å². The van der Waals surface area contributed by atoms with Gasteiger partial charge in [-0.15, -0.1) is 0 Å². The summed E-state index contributed by atoms with van der Waals surface area (Å²) in [5.74, 6) is -4.94. The van der Waals surface area contributed by atoms with E-state index in [1.54, 1.807) is 0 Å². The number of carbonyl (C=O) groups excluding carboxylic acids is 3. The van der Waals surface area contributed by atoms with Gasteiger partial charge in [0.1, 0.15) is 17.5 Å². The highest BCUT2D eigenvalue weighted by atomic mass is 19.4. The predicted molar refractivity (Wildman–Crippen MR) is 124 cm³/mol. The summed E-state index contributed by atoms with van der Waals surface area (Å²) in [5.41, 5.74) is 5.95.